The summed E-state index contributed by atoms with van der Waals surface area (Å²) in [5, 5.41) is -0.00370. The van der Waals surface area contributed by atoms with Gasteiger partial charge in [-0.2, -0.15) is 13.2 Å². The summed E-state index contributed by atoms with van der Waals surface area (Å²) in [4.78, 5) is 10.9. The highest BCUT2D eigenvalue weighted by molar-refractivity contribution is 6.29. The van der Waals surface area contributed by atoms with Crippen molar-refractivity contribution in [2.75, 3.05) is 5.73 Å². The van der Waals surface area contributed by atoms with E-state index in [-0.39, 0.29) is 22.2 Å². The molecule has 0 fully saturated rings. The number of nitrogen functional groups attached to an aromatic ring is 1. The first-order valence-electron chi connectivity index (χ1n) is 4.68. The van der Waals surface area contributed by atoms with E-state index < -0.39 is 11.7 Å². The molecule has 0 aliphatic heterocycles. The van der Waals surface area contributed by atoms with Gasteiger partial charge in [0.25, 0.3) is 0 Å². The van der Waals surface area contributed by atoms with E-state index in [9.17, 15) is 13.2 Å². The third-order valence-corrected chi connectivity index (χ3v) is 2.29. The second-order valence-corrected chi connectivity index (χ2v) is 3.77. The first-order valence-corrected chi connectivity index (χ1v) is 5.06. The molecule has 2 heterocycles. The van der Waals surface area contributed by atoms with Crippen molar-refractivity contribution in [3.05, 3.63) is 35.4 Å². The van der Waals surface area contributed by atoms with Crippen molar-refractivity contribution < 1.29 is 13.2 Å². The van der Waals surface area contributed by atoms with Crippen molar-refractivity contribution in [2.24, 2.45) is 0 Å². The first kappa shape index (κ1) is 12.6. The third-order valence-electron chi connectivity index (χ3n) is 2.11. The Morgan fingerprint density at radius 1 is 1.17 bits per heavy atom. The average molecular weight is 275 g/mol. The topological polar surface area (TPSA) is 64.7 Å². The van der Waals surface area contributed by atoms with Crippen LogP contribution >= 0.6 is 11.6 Å². The summed E-state index contributed by atoms with van der Waals surface area (Å²) in [6.45, 7) is 0. The maximum Gasteiger partial charge on any atom is 0.418 e. The number of hydrogen-bond acceptors (Lipinski definition) is 4. The van der Waals surface area contributed by atoms with Gasteiger partial charge in [0.1, 0.15) is 11.0 Å². The van der Waals surface area contributed by atoms with Crippen LogP contribution in [0.25, 0.3) is 11.3 Å². The Balaban J connectivity index is 2.66. The van der Waals surface area contributed by atoms with Crippen molar-refractivity contribution >= 4 is 17.4 Å². The normalized spacial score (nSPS) is 11.6. The Morgan fingerprint density at radius 3 is 2.50 bits per heavy atom. The summed E-state index contributed by atoms with van der Waals surface area (Å²) in [6.07, 6.45) is -1.49. The predicted octanol–water partition coefficient (Wildman–Crippen LogP) is 2.79. The summed E-state index contributed by atoms with van der Waals surface area (Å²) in [5.41, 5.74) is 4.24. The molecule has 0 aliphatic rings. The van der Waals surface area contributed by atoms with Gasteiger partial charge in [-0.05, 0) is 6.07 Å². The van der Waals surface area contributed by atoms with Gasteiger partial charge < -0.3 is 5.73 Å². The highest BCUT2D eigenvalue weighted by Crippen LogP contribution is 2.36. The van der Waals surface area contributed by atoms with E-state index in [4.69, 9.17) is 17.3 Å². The smallest absolute Gasteiger partial charge is 0.384 e. The molecule has 18 heavy (non-hydrogen) atoms. The molecule has 0 radical (unpaired) electrons. The number of alkyl halides is 3. The molecule has 2 aromatic rings. The van der Waals surface area contributed by atoms with Gasteiger partial charge in [-0.3, -0.25) is 4.98 Å². The quantitative estimate of drug-likeness (QED) is 0.868. The molecule has 2 aromatic heterocycles. The van der Waals surface area contributed by atoms with Crippen LogP contribution in [0.5, 0.6) is 0 Å². The van der Waals surface area contributed by atoms with Crippen LogP contribution in [-0.2, 0) is 6.18 Å². The standard InChI is InChI=1S/C10H6ClF3N4/c11-8-4-16-3-7(18-8)5-1-9(15)17-2-6(5)10(12,13)14/h1-4H,(H2,15,17). The summed E-state index contributed by atoms with van der Waals surface area (Å²) in [5.74, 6) is -0.0419. The van der Waals surface area contributed by atoms with Crippen molar-refractivity contribution in [3.8, 4) is 11.3 Å². The minimum absolute atomic E-state index is 0.00370. The Hall–Kier alpha value is -1.89. The van der Waals surface area contributed by atoms with E-state index in [0.717, 1.165) is 6.07 Å². The molecule has 0 unspecified atom stereocenters. The van der Waals surface area contributed by atoms with Gasteiger partial charge in [0, 0.05) is 11.8 Å². The fourth-order valence-corrected chi connectivity index (χ4v) is 1.53. The van der Waals surface area contributed by atoms with Crippen molar-refractivity contribution in [1.29, 1.82) is 0 Å². The van der Waals surface area contributed by atoms with E-state index in [2.05, 4.69) is 15.0 Å². The zero-order chi connectivity index (χ0) is 13.3. The van der Waals surface area contributed by atoms with Gasteiger partial charge in [0.05, 0.1) is 23.7 Å². The SMILES string of the molecule is Nc1cc(-c2cncc(Cl)n2)c(C(F)(F)F)cn1. The van der Waals surface area contributed by atoms with Gasteiger partial charge in [-0.25, -0.2) is 9.97 Å². The molecule has 0 bridgehead atoms. The first-order chi connectivity index (χ1) is 8.38. The molecule has 0 aliphatic carbocycles. The second-order valence-electron chi connectivity index (χ2n) is 3.38. The lowest BCUT2D eigenvalue weighted by molar-refractivity contribution is -0.137. The highest BCUT2D eigenvalue weighted by atomic mass is 35.5. The molecular weight excluding hydrogens is 269 g/mol. The summed E-state index contributed by atoms with van der Waals surface area (Å²) < 4.78 is 38.4. The molecule has 94 valence electrons. The van der Waals surface area contributed by atoms with Crippen LogP contribution in [0.3, 0.4) is 0 Å². The van der Waals surface area contributed by atoms with Gasteiger partial charge in [0.15, 0.2) is 0 Å². The maximum atomic E-state index is 12.8. The van der Waals surface area contributed by atoms with E-state index in [1.807, 2.05) is 0 Å². The molecule has 2 N–H and O–H groups in total. The zero-order valence-electron chi connectivity index (χ0n) is 8.74. The number of nitrogens with two attached hydrogens (primary N) is 1. The lowest BCUT2D eigenvalue weighted by atomic mass is 10.1. The Labute approximate surface area is 105 Å². The van der Waals surface area contributed by atoms with Gasteiger partial charge >= 0.3 is 6.18 Å². The fourth-order valence-electron chi connectivity index (χ4n) is 1.38. The molecular formula is C10H6ClF3N4. The van der Waals surface area contributed by atoms with Gasteiger partial charge in [0.2, 0.25) is 0 Å². The predicted molar refractivity (Wildman–Crippen MR) is 59.7 cm³/mol. The molecule has 0 spiro atoms. The number of aromatic nitrogens is 3. The maximum absolute atomic E-state index is 12.8. The molecule has 8 heteroatoms. The van der Waals surface area contributed by atoms with Crippen LogP contribution in [0.1, 0.15) is 5.56 Å². The van der Waals surface area contributed by atoms with Crippen LogP contribution in [0.15, 0.2) is 24.7 Å². The Morgan fingerprint density at radius 2 is 1.89 bits per heavy atom. The van der Waals surface area contributed by atoms with Crippen molar-refractivity contribution in [2.45, 2.75) is 6.18 Å². The molecule has 0 amide bonds. The van der Waals surface area contributed by atoms with E-state index in [1.165, 1.54) is 12.4 Å². The molecule has 0 saturated heterocycles. The fraction of sp³-hybridized carbons (Fsp3) is 0.100. The van der Waals surface area contributed by atoms with E-state index >= 15 is 0 Å². The molecule has 2 rings (SSSR count). The van der Waals surface area contributed by atoms with Crippen LogP contribution in [0.2, 0.25) is 5.15 Å². The number of hydrogen-bond donors (Lipinski definition) is 1. The zero-order valence-corrected chi connectivity index (χ0v) is 9.50. The summed E-state index contributed by atoms with van der Waals surface area (Å²) >= 11 is 5.60. The van der Waals surface area contributed by atoms with E-state index in [1.54, 1.807) is 0 Å². The Kier molecular flexibility index (Phi) is 3.08. The van der Waals surface area contributed by atoms with Gasteiger partial charge in [-0.15, -0.1) is 0 Å². The largest absolute Gasteiger partial charge is 0.418 e. The van der Waals surface area contributed by atoms with Crippen LogP contribution in [0, 0.1) is 0 Å². The number of anilines is 1. The minimum Gasteiger partial charge on any atom is -0.384 e. The van der Waals surface area contributed by atoms with Crippen LogP contribution in [-0.4, -0.2) is 15.0 Å². The monoisotopic (exact) mass is 274 g/mol. The second kappa shape index (κ2) is 4.41. The van der Waals surface area contributed by atoms with Gasteiger partial charge in [-0.1, -0.05) is 11.6 Å². The number of nitrogens with zero attached hydrogens (tertiary/aromatic N) is 3. The highest BCUT2D eigenvalue weighted by Gasteiger charge is 2.34. The van der Waals surface area contributed by atoms with E-state index in [0.29, 0.717) is 6.20 Å². The lowest BCUT2D eigenvalue weighted by Gasteiger charge is -2.12. The third kappa shape index (κ3) is 2.51. The molecule has 0 saturated carbocycles. The minimum atomic E-state index is -4.56. The summed E-state index contributed by atoms with van der Waals surface area (Å²) in [7, 11) is 0. The average Bonchev–Trinajstić information content (AvgIpc) is 2.27. The number of halogens is 4. The number of pyridine rings is 1. The molecule has 0 atom stereocenters. The summed E-state index contributed by atoms with van der Waals surface area (Å²) in [6, 6.07) is 1.09. The number of rotatable bonds is 1. The Bertz CT molecular complexity index is 586. The van der Waals surface area contributed by atoms with Crippen LogP contribution < -0.4 is 5.73 Å². The van der Waals surface area contributed by atoms with Crippen LogP contribution in [0.4, 0.5) is 19.0 Å². The van der Waals surface area contributed by atoms with Crippen molar-refractivity contribution in [1.82, 2.24) is 15.0 Å². The molecule has 4 nitrogen and oxygen atoms in total. The lowest BCUT2D eigenvalue weighted by Crippen LogP contribution is -2.09. The molecule has 0 aromatic carbocycles. The van der Waals surface area contributed by atoms with Crippen molar-refractivity contribution in [3.63, 3.8) is 0 Å².